The van der Waals surface area contributed by atoms with Crippen LogP contribution in [0.1, 0.15) is 34.6 Å². The number of nitrogens with zero attached hydrogens (tertiary/aromatic N) is 3. The Bertz CT molecular complexity index is 973. The van der Waals surface area contributed by atoms with Gasteiger partial charge in [-0.1, -0.05) is 30.3 Å². The number of fused-ring (bicyclic) bond motifs is 1. The van der Waals surface area contributed by atoms with Gasteiger partial charge in [0, 0.05) is 19.6 Å². The Kier molecular flexibility index (Phi) is 4.72. The van der Waals surface area contributed by atoms with Crippen LogP contribution < -0.4 is 5.56 Å². The van der Waals surface area contributed by atoms with E-state index in [1.807, 2.05) is 56.0 Å². The van der Waals surface area contributed by atoms with Gasteiger partial charge in [-0.2, -0.15) is 0 Å². The molecule has 0 fully saturated rings. The van der Waals surface area contributed by atoms with Crippen molar-refractivity contribution in [2.75, 3.05) is 0 Å². The highest BCUT2D eigenvalue weighted by Crippen LogP contribution is 2.29. The van der Waals surface area contributed by atoms with Crippen molar-refractivity contribution in [3.8, 4) is 0 Å². The molecule has 0 N–H and O–H groups in total. The first-order chi connectivity index (χ1) is 11.9. The third kappa shape index (κ3) is 3.22. The zero-order valence-electron chi connectivity index (χ0n) is 14.8. The van der Waals surface area contributed by atoms with Crippen LogP contribution in [0, 0.1) is 6.92 Å². The molecule has 2 heterocycles. The number of thiophene rings is 1. The second kappa shape index (κ2) is 6.80. The summed E-state index contributed by atoms with van der Waals surface area (Å²) in [7, 11) is 1.67. The minimum atomic E-state index is -0.114. The quantitative estimate of drug-likeness (QED) is 0.721. The molecule has 0 saturated heterocycles. The third-order valence-electron chi connectivity index (χ3n) is 4.28. The molecule has 3 aromatic rings. The maximum absolute atomic E-state index is 13.2. The highest BCUT2D eigenvalue weighted by Gasteiger charge is 2.25. The minimum Gasteiger partial charge on any atom is -0.331 e. The Morgan fingerprint density at radius 2 is 1.96 bits per heavy atom. The molecule has 0 aliphatic carbocycles. The van der Waals surface area contributed by atoms with Gasteiger partial charge in [0.1, 0.15) is 4.83 Å². The molecule has 0 aliphatic rings. The zero-order chi connectivity index (χ0) is 18.1. The number of aromatic nitrogens is 2. The van der Waals surface area contributed by atoms with Gasteiger partial charge in [-0.3, -0.25) is 9.59 Å². The topological polar surface area (TPSA) is 55.2 Å². The molecule has 0 bridgehead atoms. The summed E-state index contributed by atoms with van der Waals surface area (Å²) in [5, 5.41) is 0.543. The van der Waals surface area contributed by atoms with E-state index < -0.39 is 0 Å². The van der Waals surface area contributed by atoms with E-state index >= 15 is 0 Å². The first-order valence-electron chi connectivity index (χ1n) is 8.19. The van der Waals surface area contributed by atoms with Gasteiger partial charge in [-0.05, 0) is 31.9 Å². The third-order valence-corrected chi connectivity index (χ3v) is 5.47. The van der Waals surface area contributed by atoms with Crippen molar-refractivity contribution in [1.29, 1.82) is 0 Å². The van der Waals surface area contributed by atoms with Crippen molar-refractivity contribution < 1.29 is 4.79 Å². The lowest BCUT2D eigenvalue weighted by Gasteiger charge is -2.26. The number of aryl methyl sites for hydroxylation is 2. The number of carbonyl (C=O) groups excluding carboxylic acids is 1. The van der Waals surface area contributed by atoms with Crippen LogP contribution in [-0.2, 0) is 13.6 Å². The molecule has 6 heteroatoms. The number of rotatable bonds is 4. The van der Waals surface area contributed by atoms with Crippen LogP contribution >= 0.6 is 11.3 Å². The van der Waals surface area contributed by atoms with Gasteiger partial charge in [-0.25, -0.2) is 4.98 Å². The van der Waals surface area contributed by atoms with E-state index in [1.54, 1.807) is 7.05 Å². The second-order valence-electron chi connectivity index (χ2n) is 6.41. The summed E-state index contributed by atoms with van der Waals surface area (Å²) < 4.78 is 1.44. The Balaban J connectivity index is 2.03. The molecule has 0 unspecified atom stereocenters. The normalized spacial score (nSPS) is 11.2. The van der Waals surface area contributed by atoms with E-state index in [4.69, 9.17) is 0 Å². The first-order valence-corrected chi connectivity index (χ1v) is 9.01. The summed E-state index contributed by atoms with van der Waals surface area (Å²) in [6.45, 7) is 6.37. The number of hydrogen-bond donors (Lipinski definition) is 0. The molecule has 3 rings (SSSR count). The lowest BCUT2D eigenvalue weighted by Crippen LogP contribution is -2.36. The van der Waals surface area contributed by atoms with Gasteiger partial charge < -0.3 is 9.47 Å². The van der Waals surface area contributed by atoms with E-state index in [0.717, 1.165) is 11.1 Å². The van der Waals surface area contributed by atoms with E-state index in [2.05, 4.69) is 4.98 Å². The summed E-state index contributed by atoms with van der Waals surface area (Å²) in [6, 6.07) is 9.97. The summed E-state index contributed by atoms with van der Waals surface area (Å²) in [5.74, 6) is -0.0543. The van der Waals surface area contributed by atoms with Gasteiger partial charge in [0.25, 0.3) is 11.5 Å². The van der Waals surface area contributed by atoms with Crippen LogP contribution in [0.3, 0.4) is 0 Å². The lowest BCUT2D eigenvalue weighted by atomic mass is 10.1. The van der Waals surface area contributed by atoms with Crippen molar-refractivity contribution in [3.05, 3.63) is 63.0 Å². The SMILES string of the molecule is Cc1c(C(=O)N(Cc2ccccc2)C(C)C)sc2ncn(C)c(=O)c12. The van der Waals surface area contributed by atoms with Crippen LogP contribution in [0.5, 0.6) is 0 Å². The average molecular weight is 355 g/mol. The smallest absolute Gasteiger partial charge is 0.264 e. The van der Waals surface area contributed by atoms with E-state index in [1.165, 1.54) is 22.2 Å². The molecule has 2 aromatic heterocycles. The van der Waals surface area contributed by atoms with Crippen LogP contribution in [0.15, 0.2) is 41.5 Å². The second-order valence-corrected chi connectivity index (χ2v) is 7.41. The Labute approximate surface area is 150 Å². The van der Waals surface area contributed by atoms with Crippen LogP contribution in [-0.4, -0.2) is 26.4 Å². The van der Waals surface area contributed by atoms with Gasteiger partial charge in [-0.15, -0.1) is 11.3 Å². The van der Waals surface area contributed by atoms with Crippen molar-refractivity contribution in [3.63, 3.8) is 0 Å². The monoisotopic (exact) mass is 355 g/mol. The molecule has 130 valence electrons. The maximum Gasteiger partial charge on any atom is 0.264 e. The predicted molar refractivity (Wildman–Crippen MR) is 101 cm³/mol. The molecule has 25 heavy (non-hydrogen) atoms. The van der Waals surface area contributed by atoms with Crippen LogP contribution in [0.4, 0.5) is 0 Å². The van der Waals surface area contributed by atoms with Crippen LogP contribution in [0.25, 0.3) is 10.2 Å². The molecule has 0 atom stereocenters. The number of carbonyl (C=O) groups is 1. The summed E-state index contributed by atoms with van der Waals surface area (Å²) in [6.07, 6.45) is 1.50. The summed E-state index contributed by atoms with van der Waals surface area (Å²) in [4.78, 5) is 32.9. The molecular weight excluding hydrogens is 334 g/mol. The fraction of sp³-hybridized carbons (Fsp3) is 0.316. The number of amides is 1. The van der Waals surface area contributed by atoms with E-state index in [0.29, 0.717) is 21.6 Å². The zero-order valence-corrected chi connectivity index (χ0v) is 15.6. The van der Waals surface area contributed by atoms with Gasteiger partial charge in [0.05, 0.1) is 16.6 Å². The molecule has 5 nitrogen and oxygen atoms in total. The van der Waals surface area contributed by atoms with E-state index in [-0.39, 0.29) is 17.5 Å². The Morgan fingerprint density at radius 3 is 2.60 bits per heavy atom. The molecule has 1 aromatic carbocycles. The highest BCUT2D eigenvalue weighted by molar-refractivity contribution is 7.20. The minimum absolute atomic E-state index is 0.0492. The van der Waals surface area contributed by atoms with Crippen LogP contribution in [0.2, 0.25) is 0 Å². The number of hydrogen-bond acceptors (Lipinski definition) is 4. The molecular formula is C19H21N3O2S. The Morgan fingerprint density at radius 1 is 1.28 bits per heavy atom. The average Bonchev–Trinajstić information content (AvgIpc) is 2.93. The predicted octanol–water partition coefficient (Wildman–Crippen LogP) is 3.35. The highest BCUT2D eigenvalue weighted by atomic mass is 32.1. The van der Waals surface area contributed by atoms with Gasteiger partial charge in [0.15, 0.2) is 0 Å². The molecule has 0 spiro atoms. The summed E-state index contributed by atoms with van der Waals surface area (Å²) in [5.41, 5.74) is 1.69. The van der Waals surface area contributed by atoms with Crippen molar-refractivity contribution in [2.45, 2.75) is 33.4 Å². The van der Waals surface area contributed by atoms with Gasteiger partial charge >= 0.3 is 0 Å². The van der Waals surface area contributed by atoms with Crippen molar-refractivity contribution >= 4 is 27.5 Å². The Hall–Kier alpha value is -2.47. The lowest BCUT2D eigenvalue weighted by molar-refractivity contribution is 0.0695. The molecule has 0 aliphatic heterocycles. The van der Waals surface area contributed by atoms with Crippen molar-refractivity contribution in [2.24, 2.45) is 7.05 Å². The fourth-order valence-corrected chi connectivity index (χ4v) is 3.91. The fourth-order valence-electron chi connectivity index (χ4n) is 2.81. The molecule has 0 saturated carbocycles. The number of benzene rings is 1. The largest absolute Gasteiger partial charge is 0.331 e. The first kappa shape index (κ1) is 17.4. The van der Waals surface area contributed by atoms with Crippen molar-refractivity contribution in [1.82, 2.24) is 14.5 Å². The maximum atomic E-state index is 13.2. The van der Waals surface area contributed by atoms with E-state index in [9.17, 15) is 9.59 Å². The molecule has 0 radical (unpaired) electrons. The molecule has 1 amide bonds. The summed E-state index contributed by atoms with van der Waals surface area (Å²) >= 11 is 1.30. The van der Waals surface area contributed by atoms with Gasteiger partial charge in [0.2, 0.25) is 0 Å². The standard InChI is InChI=1S/C19H21N3O2S/c1-12(2)22(10-14-8-6-5-7-9-14)19(24)16-13(3)15-17(25-16)20-11-21(4)18(15)23/h5-9,11-12H,10H2,1-4H3.